The van der Waals surface area contributed by atoms with Crippen LogP contribution in [0.2, 0.25) is 0 Å². The number of carboxylic acid groups (broad SMARTS) is 1. The van der Waals surface area contributed by atoms with Crippen LogP contribution in [0, 0.1) is 0 Å². The SMILES string of the molecule is CC(Cc1ccc(N2CC(F)CC2CC(=O)O)cc1)c1ccccc1. The monoisotopic (exact) mass is 341 g/mol. The minimum atomic E-state index is -0.956. The van der Waals surface area contributed by atoms with Crippen LogP contribution >= 0.6 is 0 Å². The van der Waals surface area contributed by atoms with E-state index in [1.165, 1.54) is 11.1 Å². The van der Waals surface area contributed by atoms with Crippen LogP contribution in [-0.2, 0) is 11.2 Å². The minimum Gasteiger partial charge on any atom is -0.481 e. The maximum Gasteiger partial charge on any atom is 0.305 e. The number of aliphatic carboxylic acids is 1. The van der Waals surface area contributed by atoms with Crippen molar-refractivity contribution < 1.29 is 14.3 Å². The fraction of sp³-hybridized carbons (Fsp3) is 0.381. The number of carbonyl (C=O) groups is 1. The molecule has 0 saturated carbocycles. The van der Waals surface area contributed by atoms with Crippen LogP contribution in [0.5, 0.6) is 0 Å². The summed E-state index contributed by atoms with van der Waals surface area (Å²) in [5.74, 6) is -0.453. The lowest BCUT2D eigenvalue weighted by Gasteiger charge is -2.25. The van der Waals surface area contributed by atoms with E-state index in [2.05, 4.69) is 43.3 Å². The van der Waals surface area contributed by atoms with Gasteiger partial charge in [0.1, 0.15) is 6.17 Å². The first kappa shape index (κ1) is 17.5. The van der Waals surface area contributed by atoms with Crippen LogP contribution in [0.15, 0.2) is 54.6 Å². The van der Waals surface area contributed by atoms with Gasteiger partial charge >= 0.3 is 5.97 Å². The molecule has 1 aliphatic heterocycles. The Bertz CT molecular complexity index is 702. The molecular formula is C21H24FNO2. The second-order valence-electron chi connectivity index (χ2n) is 6.92. The summed E-state index contributed by atoms with van der Waals surface area (Å²) in [5.41, 5.74) is 3.45. The van der Waals surface area contributed by atoms with Crippen molar-refractivity contribution in [2.75, 3.05) is 11.4 Å². The maximum absolute atomic E-state index is 13.8. The van der Waals surface area contributed by atoms with E-state index >= 15 is 0 Å². The van der Waals surface area contributed by atoms with Crippen molar-refractivity contribution in [3.8, 4) is 0 Å². The minimum absolute atomic E-state index is 0.0206. The van der Waals surface area contributed by atoms with Crippen molar-refractivity contribution >= 4 is 11.7 Å². The van der Waals surface area contributed by atoms with Crippen molar-refractivity contribution in [3.63, 3.8) is 0 Å². The molecule has 0 bridgehead atoms. The summed E-state index contributed by atoms with van der Waals surface area (Å²) in [4.78, 5) is 12.9. The molecule has 1 saturated heterocycles. The molecule has 4 heteroatoms. The Hall–Kier alpha value is -2.36. The fourth-order valence-corrected chi connectivity index (χ4v) is 3.65. The van der Waals surface area contributed by atoms with Crippen LogP contribution in [0.25, 0.3) is 0 Å². The zero-order chi connectivity index (χ0) is 17.8. The van der Waals surface area contributed by atoms with E-state index < -0.39 is 12.1 Å². The van der Waals surface area contributed by atoms with Gasteiger partial charge in [-0.25, -0.2) is 4.39 Å². The number of carboxylic acids is 1. The Morgan fingerprint density at radius 1 is 1.20 bits per heavy atom. The lowest BCUT2D eigenvalue weighted by atomic mass is 9.94. The predicted octanol–water partition coefficient (Wildman–Crippen LogP) is 4.42. The number of nitrogens with zero attached hydrogens (tertiary/aromatic N) is 1. The van der Waals surface area contributed by atoms with Crippen molar-refractivity contribution in [2.45, 2.75) is 44.3 Å². The molecule has 1 aliphatic rings. The van der Waals surface area contributed by atoms with Gasteiger partial charge in [-0.3, -0.25) is 4.79 Å². The number of hydrogen-bond acceptors (Lipinski definition) is 2. The third kappa shape index (κ3) is 4.38. The topological polar surface area (TPSA) is 40.5 Å². The number of rotatable bonds is 6. The van der Waals surface area contributed by atoms with E-state index in [1.54, 1.807) is 0 Å². The molecule has 3 atom stereocenters. The van der Waals surface area contributed by atoms with Gasteiger partial charge < -0.3 is 10.0 Å². The molecule has 3 nitrogen and oxygen atoms in total. The Balaban J connectivity index is 1.68. The largest absolute Gasteiger partial charge is 0.481 e. The van der Waals surface area contributed by atoms with Gasteiger partial charge in [-0.05, 0) is 35.6 Å². The molecule has 0 aromatic heterocycles. The predicted molar refractivity (Wildman–Crippen MR) is 97.9 cm³/mol. The van der Waals surface area contributed by atoms with E-state index in [1.807, 2.05) is 23.1 Å². The van der Waals surface area contributed by atoms with Gasteiger partial charge in [0.15, 0.2) is 0 Å². The van der Waals surface area contributed by atoms with Gasteiger partial charge in [0.2, 0.25) is 0 Å². The van der Waals surface area contributed by atoms with Gasteiger partial charge in [0.25, 0.3) is 0 Å². The van der Waals surface area contributed by atoms with Gasteiger partial charge in [-0.1, -0.05) is 49.4 Å². The highest BCUT2D eigenvalue weighted by molar-refractivity contribution is 5.69. The van der Waals surface area contributed by atoms with Crippen LogP contribution in [0.3, 0.4) is 0 Å². The van der Waals surface area contributed by atoms with Crippen molar-refractivity contribution in [1.29, 1.82) is 0 Å². The third-order valence-corrected chi connectivity index (χ3v) is 4.95. The molecule has 0 radical (unpaired) electrons. The number of alkyl halides is 1. The molecule has 25 heavy (non-hydrogen) atoms. The molecule has 0 amide bonds. The summed E-state index contributed by atoms with van der Waals surface area (Å²) in [7, 11) is 0. The quantitative estimate of drug-likeness (QED) is 0.845. The molecule has 1 fully saturated rings. The standard InChI is InChI=1S/C21H24FNO2/c1-15(17-5-3-2-4-6-17)11-16-7-9-19(10-8-16)23-14-18(22)12-20(23)13-21(24)25/h2-10,15,18,20H,11-14H2,1H3,(H,24,25). The Morgan fingerprint density at radius 2 is 1.88 bits per heavy atom. The highest BCUT2D eigenvalue weighted by atomic mass is 19.1. The smallest absolute Gasteiger partial charge is 0.305 e. The molecule has 132 valence electrons. The zero-order valence-electron chi connectivity index (χ0n) is 14.4. The summed E-state index contributed by atoms with van der Waals surface area (Å²) in [5, 5.41) is 9.03. The molecule has 2 aromatic rings. The van der Waals surface area contributed by atoms with E-state index in [4.69, 9.17) is 5.11 Å². The van der Waals surface area contributed by atoms with Gasteiger partial charge in [0.05, 0.1) is 6.42 Å². The van der Waals surface area contributed by atoms with E-state index in [-0.39, 0.29) is 19.0 Å². The van der Waals surface area contributed by atoms with E-state index in [9.17, 15) is 9.18 Å². The average Bonchev–Trinajstić information content (AvgIpc) is 2.96. The van der Waals surface area contributed by atoms with Crippen LogP contribution in [-0.4, -0.2) is 29.8 Å². The second-order valence-corrected chi connectivity index (χ2v) is 6.92. The van der Waals surface area contributed by atoms with Crippen molar-refractivity contribution in [2.24, 2.45) is 0 Å². The molecule has 2 aromatic carbocycles. The summed E-state index contributed by atoms with van der Waals surface area (Å²) < 4.78 is 13.8. The van der Waals surface area contributed by atoms with Gasteiger partial charge in [-0.15, -0.1) is 0 Å². The maximum atomic E-state index is 13.8. The second kappa shape index (κ2) is 7.68. The first-order valence-corrected chi connectivity index (χ1v) is 8.79. The average molecular weight is 341 g/mol. The molecule has 3 unspecified atom stereocenters. The molecule has 1 heterocycles. The molecule has 0 spiro atoms. The lowest BCUT2D eigenvalue weighted by Crippen LogP contribution is -2.31. The first-order valence-electron chi connectivity index (χ1n) is 8.79. The fourth-order valence-electron chi connectivity index (χ4n) is 3.65. The van der Waals surface area contributed by atoms with Gasteiger partial charge in [-0.2, -0.15) is 0 Å². The molecule has 0 aliphatic carbocycles. The molecule has 3 rings (SSSR count). The van der Waals surface area contributed by atoms with Gasteiger partial charge in [0, 0.05) is 24.7 Å². The Morgan fingerprint density at radius 3 is 2.52 bits per heavy atom. The summed E-state index contributed by atoms with van der Waals surface area (Å²) >= 11 is 0. The molecule has 1 N–H and O–H groups in total. The van der Waals surface area contributed by atoms with Crippen molar-refractivity contribution in [1.82, 2.24) is 0 Å². The van der Waals surface area contributed by atoms with Crippen LogP contribution < -0.4 is 4.90 Å². The third-order valence-electron chi connectivity index (χ3n) is 4.95. The number of anilines is 1. The van der Waals surface area contributed by atoms with E-state index in [0.717, 1.165) is 12.1 Å². The number of halogens is 1. The van der Waals surface area contributed by atoms with Crippen LogP contribution in [0.4, 0.5) is 10.1 Å². The summed E-state index contributed by atoms with van der Waals surface area (Å²) in [6.45, 7) is 2.48. The lowest BCUT2D eigenvalue weighted by molar-refractivity contribution is -0.137. The summed E-state index contributed by atoms with van der Waals surface area (Å²) in [6, 6.07) is 18.3. The summed E-state index contributed by atoms with van der Waals surface area (Å²) in [6.07, 6.45) is 0.253. The number of hydrogen-bond donors (Lipinski definition) is 1. The molecular weight excluding hydrogens is 317 g/mol. The first-order chi connectivity index (χ1) is 12.0. The Kier molecular flexibility index (Phi) is 5.37. The normalized spacial score (nSPS) is 21.3. The Labute approximate surface area is 148 Å². The highest BCUT2D eigenvalue weighted by Crippen LogP contribution is 2.30. The van der Waals surface area contributed by atoms with E-state index in [0.29, 0.717) is 12.3 Å². The number of benzene rings is 2. The van der Waals surface area contributed by atoms with Crippen LogP contribution in [0.1, 0.15) is 36.8 Å². The van der Waals surface area contributed by atoms with Crippen molar-refractivity contribution in [3.05, 3.63) is 65.7 Å². The highest BCUT2D eigenvalue weighted by Gasteiger charge is 2.33. The zero-order valence-corrected chi connectivity index (χ0v) is 14.4.